The molecule has 0 saturated heterocycles. The summed E-state index contributed by atoms with van der Waals surface area (Å²) in [7, 11) is 0. The maximum absolute atomic E-state index is 12.1. The van der Waals surface area contributed by atoms with Gasteiger partial charge in [0.2, 0.25) is 0 Å². The van der Waals surface area contributed by atoms with Crippen molar-refractivity contribution < 1.29 is 4.79 Å². The van der Waals surface area contributed by atoms with Gasteiger partial charge in [0.15, 0.2) is 0 Å². The number of nitrogens with zero attached hydrogens (tertiary/aromatic N) is 1. The van der Waals surface area contributed by atoms with Crippen LogP contribution in [0.4, 0.5) is 5.69 Å². The van der Waals surface area contributed by atoms with Crippen LogP contribution in [0.1, 0.15) is 15.9 Å². The van der Waals surface area contributed by atoms with Crippen molar-refractivity contribution in [1.82, 2.24) is 4.98 Å². The molecule has 0 spiro atoms. The summed E-state index contributed by atoms with van der Waals surface area (Å²) in [5, 5.41) is 3.21. The summed E-state index contributed by atoms with van der Waals surface area (Å²) in [6.45, 7) is 1.83. The Morgan fingerprint density at radius 2 is 1.84 bits per heavy atom. The lowest BCUT2D eigenvalue weighted by Gasteiger charge is -2.07. The Morgan fingerprint density at radius 1 is 1.21 bits per heavy atom. The lowest BCUT2D eigenvalue weighted by molar-refractivity contribution is 0.102. The second kappa shape index (κ2) is 6.03. The van der Waals surface area contributed by atoms with E-state index in [1.54, 1.807) is 18.2 Å². The van der Waals surface area contributed by atoms with Gasteiger partial charge in [0.05, 0.1) is 11.9 Å². The monoisotopic (exact) mass is 402 g/mol. The Hall–Kier alpha value is -0.910. The van der Waals surface area contributed by atoms with Gasteiger partial charge >= 0.3 is 0 Å². The third-order valence-electron chi connectivity index (χ3n) is 2.40. The molecular formula is C13H9Br2ClN2O. The third-order valence-corrected chi connectivity index (χ3v) is 3.71. The van der Waals surface area contributed by atoms with E-state index in [9.17, 15) is 4.79 Å². The normalized spacial score (nSPS) is 10.3. The van der Waals surface area contributed by atoms with Crippen molar-refractivity contribution in [3.05, 3.63) is 55.7 Å². The van der Waals surface area contributed by atoms with Crippen LogP contribution >= 0.6 is 43.5 Å². The van der Waals surface area contributed by atoms with Gasteiger partial charge in [-0.25, -0.2) is 4.98 Å². The van der Waals surface area contributed by atoms with Crippen LogP contribution in [0.5, 0.6) is 0 Å². The molecule has 98 valence electrons. The number of aryl methyl sites for hydroxylation is 1. The summed E-state index contributed by atoms with van der Waals surface area (Å²) in [5.74, 6) is -0.203. The molecule has 0 atom stereocenters. The lowest BCUT2D eigenvalue weighted by atomic mass is 10.2. The average molecular weight is 404 g/mol. The van der Waals surface area contributed by atoms with Crippen molar-refractivity contribution in [3.8, 4) is 0 Å². The van der Waals surface area contributed by atoms with Crippen LogP contribution in [0.25, 0.3) is 0 Å². The van der Waals surface area contributed by atoms with Gasteiger partial charge in [-0.05, 0) is 36.8 Å². The first kappa shape index (κ1) is 14.5. The van der Waals surface area contributed by atoms with Crippen molar-refractivity contribution in [2.24, 2.45) is 0 Å². The summed E-state index contributed by atoms with van der Waals surface area (Å²) >= 11 is 12.5. The summed E-state index contributed by atoms with van der Waals surface area (Å²) in [5.41, 5.74) is 1.98. The largest absolute Gasteiger partial charge is 0.321 e. The topological polar surface area (TPSA) is 42.0 Å². The number of carbonyl (C=O) groups excluding carboxylic acids is 1. The predicted molar refractivity (Wildman–Crippen MR) is 83.8 cm³/mol. The van der Waals surface area contributed by atoms with E-state index in [2.05, 4.69) is 42.2 Å². The highest BCUT2D eigenvalue weighted by atomic mass is 79.9. The molecule has 2 rings (SSSR count). The number of anilines is 1. The van der Waals surface area contributed by atoms with Crippen LogP contribution in [0.3, 0.4) is 0 Å². The van der Waals surface area contributed by atoms with Crippen molar-refractivity contribution in [2.45, 2.75) is 6.92 Å². The van der Waals surface area contributed by atoms with Crippen LogP contribution in [0, 0.1) is 6.92 Å². The maximum Gasteiger partial charge on any atom is 0.255 e. The summed E-state index contributed by atoms with van der Waals surface area (Å²) in [6, 6.07) is 7.14. The molecule has 0 saturated carbocycles. The molecule has 0 aliphatic carbocycles. The Balaban J connectivity index is 2.22. The average Bonchev–Trinajstić information content (AvgIpc) is 2.32. The Morgan fingerprint density at radius 3 is 2.42 bits per heavy atom. The molecule has 1 aromatic heterocycles. The fourth-order valence-corrected chi connectivity index (χ4v) is 2.91. The van der Waals surface area contributed by atoms with E-state index in [1.165, 1.54) is 6.20 Å². The molecule has 0 radical (unpaired) electrons. The van der Waals surface area contributed by atoms with E-state index in [0.717, 1.165) is 14.5 Å². The van der Waals surface area contributed by atoms with Crippen LogP contribution in [-0.4, -0.2) is 10.9 Å². The fourth-order valence-electron chi connectivity index (χ4n) is 1.51. The lowest BCUT2D eigenvalue weighted by Crippen LogP contribution is -2.12. The molecule has 19 heavy (non-hydrogen) atoms. The molecule has 0 fully saturated rings. The smallest absolute Gasteiger partial charge is 0.255 e. The molecule has 0 aliphatic rings. The Labute approximate surface area is 132 Å². The standard InChI is InChI=1S/C13H9Br2ClN2O/c1-7-2-11(6-17-12(7)16)18-13(19)8-3-9(14)5-10(15)4-8/h2-6H,1H3,(H,18,19). The van der Waals surface area contributed by atoms with Gasteiger partial charge in [-0.3, -0.25) is 4.79 Å². The molecule has 6 heteroatoms. The van der Waals surface area contributed by atoms with E-state index >= 15 is 0 Å². The van der Waals surface area contributed by atoms with Gasteiger partial charge in [-0.15, -0.1) is 0 Å². The number of benzene rings is 1. The fraction of sp³-hybridized carbons (Fsp3) is 0.0769. The van der Waals surface area contributed by atoms with Gasteiger partial charge < -0.3 is 5.32 Å². The molecule has 1 heterocycles. The van der Waals surface area contributed by atoms with Crippen molar-refractivity contribution in [2.75, 3.05) is 5.32 Å². The number of hydrogen-bond acceptors (Lipinski definition) is 2. The molecule has 1 aromatic carbocycles. The summed E-state index contributed by atoms with van der Waals surface area (Å²) < 4.78 is 1.66. The summed E-state index contributed by atoms with van der Waals surface area (Å²) in [4.78, 5) is 16.1. The molecule has 0 unspecified atom stereocenters. The highest BCUT2D eigenvalue weighted by Gasteiger charge is 2.09. The molecule has 0 aliphatic heterocycles. The van der Waals surface area contributed by atoms with E-state index in [0.29, 0.717) is 16.4 Å². The number of carbonyl (C=O) groups is 1. The van der Waals surface area contributed by atoms with Crippen molar-refractivity contribution in [3.63, 3.8) is 0 Å². The Bertz CT molecular complexity index is 626. The minimum Gasteiger partial charge on any atom is -0.321 e. The second-order valence-corrected chi connectivity index (χ2v) is 6.13. The third kappa shape index (κ3) is 3.78. The number of amides is 1. The zero-order valence-corrected chi connectivity index (χ0v) is 13.8. The molecule has 3 nitrogen and oxygen atoms in total. The second-order valence-electron chi connectivity index (χ2n) is 3.94. The zero-order valence-electron chi connectivity index (χ0n) is 9.88. The number of halogens is 3. The summed E-state index contributed by atoms with van der Waals surface area (Å²) in [6.07, 6.45) is 1.53. The van der Waals surface area contributed by atoms with E-state index in [1.807, 2.05) is 13.0 Å². The first-order valence-corrected chi connectivity index (χ1v) is 7.31. The van der Waals surface area contributed by atoms with Gasteiger partial charge in [0.1, 0.15) is 5.15 Å². The molecular weight excluding hydrogens is 395 g/mol. The van der Waals surface area contributed by atoms with Gasteiger partial charge in [-0.2, -0.15) is 0 Å². The quantitative estimate of drug-likeness (QED) is 0.729. The van der Waals surface area contributed by atoms with Crippen molar-refractivity contribution in [1.29, 1.82) is 0 Å². The highest BCUT2D eigenvalue weighted by molar-refractivity contribution is 9.11. The first-order valence-electron chi connectivity index (χ1n) is 5.35. The molecule has 2 aromatic rings. The van der Waals surface area contributed by atoms with Crippen LogP contribution in [-0.2, 0) is 0 Å². The van der Waals surface area contributed by atoms with Gasteiger partial charge in [0.25, 0.3) is 5.91 Å². The highest BCUT2D eigenvalue weighted by Crippen LogP contribution is 2.21. The van der Waals surface area contributed by atoms with Gasteiger partial charge in [0, 0.05) is 14.5 Å². The minimum absolute atomic E-state index is 0.203. The van der Waals surface area contributed by atoms with Crippen LogP contribution in [0.15, 0.2) is 39.4 Å². The van der Waals surface area contributed by atoms with E-state index in [4.69, 9.17) is 11.6 Å². The number of pyridine rings is 1. The van der Waals surface area contributed by atoms with Crippen LogP contribution in [0.2, 0.25) is 5.15 Å². The first-order chi connectivity index (χ1) is 8.95. The van der Waals surface area contributed by atoms with E-state index < -0.39 is 0 Å². The number of aromatic nitrogens is 1. The SMILES string of the molecule is Cc1cc(NC(=O)c2cc(Br)cc(Br)c2)cnc1Cl. The van der Waals surface area contributed by atoms with Gasteiger partial charge in [-0.1, -0.05) is 43.5 Å². The Kier molecular flexibility index (Phi) is 4.60. The van der Waals surface area contributed by atoms with Crippen molar-refractivity contribution >= 4 is 55.1 Å². The van der Waals surface area contributed by atoms with E-state index in [-0.39, 0.29) is 5.91 Å². The predicted octanol–water partition coefficient (Wildman–Crippen LogP) is 4.82. The zero-order chi connectivity index (χ0) is 14.0. The minimum atomic E-state index is -0.203. The number of hydrogen-bond donors (Lipinski definition) is 1. The number of rotatable bonds is 2. The number of nitrogens with one attached hydrogen (secondary N) is 1. The molecule has 0 bridgehead atoms. The van der Waals surface area contributed by atoms with Crippen LogP contribution < -0.4 is 5.32 Å². The molecule has 1 N–H and O–H groups in total. The maximum atomic E-state index is 12.1. The molecule has 1 amide bonds.